The molecule has 1 unspecified atom stereocenters. The molecule has 1 aliphatic heterocycles. The minimum absolute atomic E-state index is 0.150. The summed E-state index contributed by atoms with van der Waals surface area (Å²) in [7, 11) is -3.66. The molecule has 0 radical (unpaired) electrons. The molecular formula is C11H21N2O5P. The molecule has 1 aliphatic rings. The summed E-state index contributed by atoms with van der Waals surface area (Å²) in [6, 6.07) is -0.539. The van der Waals surface area contributed by atoms with Crippen LogP contribution in [0.3, 0.4) is 0 Å². The monoisotopic (exact) mass is 292 g/mol. The summed E-state index contributed by atoms with van der Waals surface area (Å²) >= 11 is 0. The maximum atomic E-state index is 12.6. The Bertz CT molecular complexity index is 377. The van der Waals surface area contributed by atoms with Crippen molar-refractivity contribution in [3.05, 3.63) is 0 Å². The molecular weight excluding hydrogens is 271 g/mol. The molecule has 0 aromatic rings. The van der Waals surface area contributed by atoms with E-state index in [9.17, 15) is 14.2 Å². The summed E-state index contributed by atoms with van der Waals surface area (Å²) in [4.78, 5) is 24.8. The van der Waals surface area contributed by atoms with Crippen molar-refractivity contribution in [2.24, 2.45) is 0 Å². The van der Waals surface area contributed by atoms with Crippen LogP contribution in [0, 0.1) is 0 Å². The second kappa shape index (κ2) is 7.03. The molecule has 0 aliphatic carbocycles. The Morgan fingerprint density at radius 1 is 1.21 bits per heavy atom. The summed E-state index contributed by atoms with van der Waals surface area (Å²) in [5.74, 6) is -1.79. The number of hydrogen-bond donors (Lipinski definition) is 1. The van der Waals surface area contributed by atoms with Gasteiger partial charge in [-0.1, -0.05) is 13.3 Å². The molecule has 7 nitrogen and oxygen atoms in total. The van der Waals surface area contributed by atoms with Gasteiger partial charge in [0.2, 0.25) is 5.78 Å². The van der Waals surface area contributed by atoms with Gasteiger partial charge in [-0.3, -0.25) is 14.7 Å². The number of amides is 3. The van der Waals surface area contributed by atoms with Crippen LogP contribution in [0.5, 0.6) is 0 Å². The van der Waals surface area contributed by atoms with E-state index in [4.69, 9.17) is 9.05 Å². The highest BCUT2D eigenvalue weighted by atomic mass is 31.2. The first-order valence-corrected chi connectivity index (χ1v) is 8.11. The molecule has 110 valence electrons. The molecule has 1 rings (SSSR count). The van der Waals surface area contributed by atoms with Gasteiger partial charge in [-0.2, -0.15) is 0 Å². The van der Waals surface area contributed by atoms with Crippen molar-refractivity contribution in [3.63, 3.8) is 0 Å². The van der Waals surface area contributed by atoms with Gasteiger partial charge in [0.05, 0.1) is 13.2 Å². The lowest BCUT2D eigenvalue weighted by molar-refractivity contribution is -0.119. The zero-order chi connectivity index (χ0) is 14.5. The normalized spacial score (nSPS) is 19.9. The topological polar surface area (TPSA) is 84.9 Å². The van der Waals surface area contributed by atoms with Crippen LogP contribution in [-0.4, -0.2) is 42.4 Å². The van der Waals surface area contributed by atoms with Crippen LogP contribution in [0.25, 0.3) is 0 Å². The van der Waals surface area contributed by atoms with Crippen LogP contribution >= 0.6 is 7.60 Å². The average molecular weight is 292 g/mol. The average Bonchev–Trinajstić information content (AvgIpc) is 2.62. The number of urea groups is 1. The smallest absolute Gasteiger partial charge is 0.307 e. The SMILES string of the molecule is CCCCN1C(=O)NC(=O)C1P(=O)(OCC)OCC. The van der Waals surface area contributed by atoms with Crippen LogP contribution in [0.15, 0.2) is 0 Å². The quantitative estimate of drug-likeness (QED) is 0.546. The highest BCUT2D eigenvalue weighted by molar-refractivity contribution is 7.55. The maximum absolute atomic E-state index is 12.6. The molecule has 0 saturated carbocycles. The molecule has 1 fully saturated rings. The van der Waals surface area contributed by atoms with E-state index < -0.39 is 25.3 Å². The lowest BCUT2D eigenvalue weighted by atomic mass is 10.3. The Labute approximate surface area is 113 Å². The summed E-state index contributed by atoms with van der Waals surface area (Å²) < 4.78 is 23.0. The van der Waals surface area contributed by atoms with E-state index in [1.807, 2.05) is 6.92 Å². The van der Waals surface area contributed by atoms with Crippen LogP contribution in [-0.2, 0) is 18.4 Å². The molecule has 19 heavy (non-hydrogen) atoms. The number of nitrogens with zero attached hydrogens (tertiary/aromatic N) is 1. The third-order valence-electron chi connectivity index (χ3n) is 2.69. The third kappa shape index (κ3) is 3.55. The van der Waals surface area contributed by atoms with E-state index in [0.717, 1.165) is 12.8 Å². The number of imide groups is 1. The molecule has 1 N–H and O–H groups in total. The fourth-order valence-electron chi connectivity index (χ4n) is 1.90. The zero-order valence-corrected chi connectivity index (χ0v) is 12.4. The van der Waals surface area contributed by atoms with Crippen LogP contribution < -0.4 is 5.32 Å². The van der Waals surface area contributed by atoms with E-state index in [1.54, 1.807) is 13.8 Å². The lowest BCUT2D eigenvalue weighted by Crippen LogP contribution is -2.36. The summed E-state index contributed by atoms with van der Waals surface area (Å²) in [6.45, 7) is 5.94. The second-order valence-electron chi connectivity index (χ2n) is 4.09. The molecule has 3 amide bonds. The Morgan fingerprint density at radius 2 is 1.79 bits per heavy atom. The van der Waals surface area contributed by atoms with E-state index in [-0.39, 0.29) is 13.2 Å². The van der Waals surface area contributed by atoms with Crippen molar-refractivity contribution in [2.75, 3.05) is 19.8 Å². The number of rotatable bonds is 8. The number of carbonyl (C=O) groups excluding carboxylic acids is 2. The van der Waals surface area contributed by atoms with Gasteiger partial charge in [0, 0.05) is 6.54 Å². The van der Waals surface area contributed by atoms with Crippen LogP contribution in [0.1, 0.15) is 33.6 Å². The molecule has 1 heterocycles. The number of carbonyl (C=O) groups is 2. The number of hydrogen-bond acceptors (Lipinski definition) is 5. The van der Waals surface area contributed by atoms with E-state index in [1.165, 1.54) is 4.90 Å². The molecule has 8 heteroatoms. The summed E-state index contributed by atoms with van der Waals surface area (Å²) in [5.41, 5.74) is 0. The van der Waals surface area contributed by atoms with Crippen molar-refractivity contribution in [3.8, 4) is 0 Å². The van der Waals surface area contributed by atoms with Gasteiger partial charge < -0.3 is 13.9 Å². The standard InChI is InChI=1S/C11H21N2O5P/c1-4-7-8-13-10(9(14)12-11(13)15)19(16,17-5-2)18-6-3/h10H,4-8H2,1-3H3,(H,12,14,15). The molecule has 1 atom stereocenters. The van der Waals surface area contributed by atoms with Gasteiger partial charge in [0.1, 0.15) is 0 Å². The molecule has 0 bridgehead atoms. The third-order valence-corrected chi connectivity index (χ3v) is 5.04. The first-order chi connectivity index (χ1) is 9.00. The molecule has 0 aromatic carbocycles. The van der Waals surface area contributed by atoms with Gasteiger partial charge in [-0.25, -0.2) is 4.79 Å². The Morgan fingerprint density at radius 3 is 2.26 bits per heavy atom. The van der Waals surface area contributed by atoms with Crippen molar-refractivity contribution in [2.45, 2.75) is 39.4 Å². The molecule has 0 aromatic heterocycles. The van der Waals surface area contributed by atoms with Crippen LogP contribution in [0.2, 0.25) is 0 Å². The Hall–Kier alpha value is -0.910. The Balaban J connectivity index is 2.99. The Kier molecular flexibility index (Phi) is 5.97. The first-order valence-electron chi connectivity index (χ1n) is 6.50. The van der Waals surface area contributed by atoms with Crippen LogP contribution in [0.4, 0.5) is 4.79 Å². The zero-order valence-electron chi connectivity index (χ0n) is 11.5. The van der Waals surface area contributed by atoms with Crippen molar-refractivity contribution >= 4 is 19.5 Å². The van der Waals surface area contributed by atoms with E-state index in [0.29, 0.717) is 6.54 Å². The first kappa shape index (κ1) is 16.1. The van der Waals surface area contributed by atoms with Gasteiger partial charge in [-0.15, -0.1) is 0 Å². The van der Waals surface area contributed by atoms with Gasteiger partial charge >= 0.3 is 13.6 Å². The maximum Gasteiger partial charge on any atom is 0.362 e. The van der Waals surface area contributed by atoms with Gasteiger partial charge in [0.25, 0.3) is 5.91 Å². The number of nitrogens with one attached hydrogen (secondary N) is 1. The van der Waals surface area contributed by atoms with Gasteiger partial charge in [0.15, 0.2) is 0 Å². The number of unbranched alkanes of at least 4 members (excludes halogenated alkanes) is 1. The van der Waals surface area contributed by atoms with E-state index in [2.05, 4.69) is 5.32 Å². The van der Waals surface area contributed by atoms with Gasteiger partial charge in [-0.05, 0) is 20.3 Å². The van der Waals surface area contributed by atoms with Crippen molar-refractivity contribution < 1.29 is 23.2 Å². The second-order valence-corrected chi connectivity index (χ2v) is 6.18. The van der Waals surface area contributed by atoms with Crippen molar-refractivity contribution in [1.82, 2.24) is 10.2 Å². The fraction of sp³-hybridized carbons (Fsp3) is 0.818. The molecule has 0 spiro atoms. The summed E-state index contributed by atoms with van der Waals surface area (Å²) in [6.07, 6.45) is 1.58. The lowest BCUT2D eigenvalue weighted by Gasteiger charge is -2.27. The minimum atomic E-state index is -3.66. The fourth-order valence-corrected chi connectivity index (χ4v) is 3.89. The van der Waals surface area contributed by atoms with Crippen molar-refractivity contribution in [1.29, 1.82) is 0 Å². The predicted octanol–water partition coefficient (Wildman–Crippen LogP) is 1.93. The minimum Gasteiger partial charge on any atom is -0.307 e. The van der Waals surface area contributed by atoms with E-state index >= 15 is 0 Å². The highest BCUT2D eigenvalue weighted by Gasteiger charge is 2.51. The highest BCUT2D eigenvalue weighted by Crippen LogP contribution is 2.55. The molecule has 1 saturated heterocycles. The predicted molar refractivity (Wildman–Crippen MR) is 69.8 cm³/mol. The largest absolute Gasteiger partial charge is 0.362 e. The summed E-state index contributed by atoms with van der Waals surface area (Å²) in [5, 5.41) is 2.16.